The summed E-state index contributed by atoms with van der Waals surface area (Å²) in [5.41, 5.74) is 0.429. The Balaban J connectivity index is 1.79. The van der Waals surface area contributed by atoms with Crippen LogP contribution in [0.2, 0.25) is 0 Å². The topological polar surface area (TPSA) is 102 Å². The van der Waals surface area contributed by atoms with Gasteiger partial charge in [0.1, 0.15) is 0 Å². The molecular formula is C19H24N4O4S. The predicted molar refractivity (Wildman–Crippen MR) is 108 cm³/mol. The summed E-state index contributed by atoms with van der Waals surface area (Å²) < 4.78 is 7.24. The van der Waals surface area contributed by atoms with Crippen molar-refractivity contribution in [3.8, 4) is 0 Å². The van der Waals surface area contributed by atoms with Crippen LogP contribution >= 0.6 is 11.8 Å². The van der Waals surface area contributed by atoms with Crippen molar-refractivity contribution in [3.05, 3.63) is 34.6 Å². The highest BCUT2D eigenvalue weighted by Gasteiger charge is 2.21. The number of ether oxygens (including phenoxy) is 1. The Bertz CT molecular complexity index is 922. The lowest BCUT2D eigenvalue weighted by Gasteiger charge is -2.16. The monoisotopic (exact) mass is 404 g/mol. The number of nitrogens with one attached hydrogen (secondary N) is 2. The molecular weight excluding hydrogens is 380 g/mol. The predicted octanol–water partition coefficient (Wildman–Crippen LogP) is 1.90. The minimum absolute atomic E-state index is 0.0260. The third-order valence-corrected chi connectivity index (χ3v) is 5.22. The largest absolute Gasteiger partial charge is 0.376 e. The summed E-state index contributed by atoms with van der Waals surface area (Å²) in [5, 5.41) is 5.85. The van der Waals surface area contributed by atoms with Crippen LogP contribution in [-0.2, 0) is 16.1 Å². The normalized spacial score (nSPS) is 16.5. The van der Waals surface area contributed by atoms with Crippen LogP contribution < -0.4 is 16.2 Å². The molecule has 1 fully saturated rings. The van der Waals surface area contributed by atoms with Gasteiger partial charge in [0.05, 0.1) is 29.3 Å². The van der Waals surface area contributed by atoms with Crippen molar-refractivity contribution in [1.29, 1.82) is 0 Å². The lowest BCUT2D eigenvalue weighted by molar-refractivity contribution is -0.117. The van der Waals surface area contributed by atoms with Gasteiger partial charge < -0.3 is 10.1 Å². The molecule has 0 unspecified atom stereocenters. The number of hydrogen-bond acceptors (Lipinski definition) is 6. The molecule has 9 heteroatoms. The number of fused-ring (bicyclic) bond motifs is 1. The smallest absolute Gasteiger partial charge is 0.321 e. The van der Waals surface area contributed by atoms with Crippen LogP contribution in [0.4, 0.5) is 4.79 Å². The highest BCUT2D eigenvalue weighted by Crippen LogP contribution is 2.20. The molecule has 28 heavy (non-hydrogen) atoms. The third-order valence-electron chi connectivity index (χ3n) is 4.24. The van der Waals surface area contributed by atoms with Gasteiger partial charge in [-0.15, -0.1) is 0 Å². The van der Waals surface area contributed by atoms with E-state index in [1.807, 2.05) is 19.9 Å². The minimum Gasteiger partial charge on any atom is -0.376 e. The number of hydrogen-bond donors (Lipinski definition) is 2. The highest BCUT2D eigenvalue weighted by molar-refractivity contribution is 7.99. The van der Waals surface area contributed by atoms with Gasteiger partial charge in [-0.3, -0.25) is 19.5 Å². The SMILES string of the molecule is CC(C)NC(=O)NC(=O)CSc1nc2ccccc2c(=O)n1C[C@@H]1CCCO1. The highest BCUT2D eigenvalue weighted by atomic mass is 32.2. The van der Waals surface area contributed by atoms with E-state index in [-0.39, 0.29) is 23.5 Å². The van der Waals surface area contributed by atoms with Crippen molar-refractivity contribution >= 4 is 34.6 Å². The molecule has 3 amide bonds. The van der Waals surface area contributed by atoms with Crippen LogP contribution in [0.15, 0.2) is 34.2 Å². The molecule has 0 spiro atoms. The number of urea groups is 1. The van der Waals surface area contributed by atoms with Gasteiger partial charge in [-0.05, 0) is 38.8 Å². The molecule has 2 heterocycles. The van der Waals surface area contributed by atoms with Crippen molar-refractivity contribution < 1.29 is 14.3 Å². The molecule has 0 radical (unpaired) electrons. The van der Waals surface area contributed by atoms with Crippen LogP contribution in [0.3, 0.4) is 0 Å². The number of carbonyl (C=O) groups excluding carboxylic acids is 2. The molecule has 2 N–H and O–H groups in total. The van der Waals surface area contributed by atoms with E-state index >= 15 is 0 Å². The summed E-state index contributed by atoms with van der Waals surface area (Å²) in [7, 11) is 0. The van der Waals surface area contributed by atoms with Gasteiger partial charge in [-0.25, -0.2) is 9.78 Å². The maximum atomic E-state index is 13.0. The molecule has 8 nitrogen and oxygen atoms in total. The van der Waals surface area contributed by atoms with Gasteiger partial charge in [0.2, 0.25) is 5.91 Å². The van der Waals surface area contributed by atoms with E-state index in [1.165, 1.54) is 0 Å². The van der Waals surface area contributed by atoms with E-state index in [0.717, 1.165) is 24.6 Å². The molecule has 1 aromatic carbocycles. The summed E-state index contributed by atoms with van der Waals surface area (Å²) >= 11 is 1.13. The maximum Gasteiger partial charge on any atom is 0.321 e. The van der Waals surface area contributed by atoms with Crippen LogP contribution in [0.25, 0.3) is 10.9 Å². The van der Waals surface area contributed by atoms with Crippen molar-refractivity contribution in [2.45, 2.75) is 50.5 Å². The Labute approximate surface area is 167 Å². The van der Waals surface area contributed by atoms with Crippen molar-refractivity contribution in [2.75, 3.05) is 12.4 Å². The van der Waals surface area contributed by atoms with Gasteiger partial charge in [-0.1, -0.05) is 23.9 Å². The number of thioether (sulfide) groups is 1. The average molecular weight is 404 g/mol. The zero-order valence-electron chi connectivity index (χ0n) is 15.9. The van der Waals surface area contributed by atoms with Gasteiger partial charge >= 0.3 is 6.03 Å². The first-order chi connectivity index (χ1) is 13.4. The summed E-state index contributed by atoms with van der Waals surface area (Å²) in [6.45, 7) is 4.70. The molecule has 0 aliphatic carbocycles. The molecule has 1 aliphatic heterocycles. The summed E-state index contributed by atoms with van der Waals surface area (Å²) in [6.07, 6.45) is 1.82. The van der Waals surface area contributed by atoms with Crippen LogP contribution in [0.1, 0.15) is 26.7 Å². The Morgan fingerprint density at radius 3 is 2.86 bits per heavy atom. The maximum absolute atomic E-state index is 13.0. The van der Waals surface area contributed by atoms with E-state index < -0.39 is 11.9 Å². The van der Waals surface area contributed by atoms with Crippen LogP contribution in [0, 0.1) is 0 Å². The van der Waals surface area contributed by atoms with Crippen molar-refractivity contribution in [1.82, 2.24) is 20.2 Å². The fraction of sp³-hybridized carbons (Fsp3) is 0.474. The Kier molecular flexibility index (Phi) is 6.69. The first-order valence-corrected chi connectivity index (χ1v) is 10.3. The quantitative estimate of drug-likeness (QED) is 0.563. The Morgan fingerprint density at radius 1 is 1.36 bits per heavy atom. The first-order valence-electron chi connectivity index (χ1n) is 9.28. The molecule has 3 rings (SSSR count). The molecule has 0 saturated carbocycles. The zero-order valence-corrected chi connectivity index (χ0v) is 16.8. The molecule has 0 bridgehead atoms. The van der Waals surface area contributed by atoms with Gasteiger partial charge in [0, 0.05) is 12.6 Å². The molecule has 1 aliphatic rings. The molecule has 1 aromatic heterocycles. The molecule has 1 saturated heterocycles. The number of aromatic nitrogens is 2. The number of imide groups is 1. The van der Waals surface area contributed by atoms with Crippen molar-refractivity contribution in [2.24, 2.45) is 0 Å². The van der Waals surface area contributed by atoms with E-state index in [2.05, 4.69) is 15.6 Å². The number of rotatable bonds is 6. The van der Waals surface area contributed by atoms with Crippen LogP contribution in [0.5, 0.6) is 0 Å². The summed E-state index contributed by atoms with van der Waals surface area (Å²) in [5.74, 6) is -0.476. The van der Waals surface area contributed by atoms with E-state index in [1.54, 1.807) is 22.8 Å². The number of nitrogens with zero attached hydrogens (tertiary/aromatic N) is 2. The Morgan fingerprint density at radius 2 is 2.14 bits per heavy atom. The second-order valence-corrected chi connectivity index (χ2v) is 7.87. The number of amides is 3. The molecule has 2 aromatic rings. The standard InChI is InChI=1S/C19H24N4O4S/c1-12(2)20-18(26)22-16(24)11-28-19-21-15-8-4-3-7-14(15)17(25)23(19)10-13-6-5-9-27-13/h3-4,7-8,12-13H,5-6,9-11H2,1-2H3,(H2,20,22,24,26)/t13-/m0/s1. The van der Waals surface area contributed by atoms with Gasteiger partial charge in [-0.2, -0.15) is 0 Å². The summed E-state index contributed by atoms with van der Waals surface area (Å²) in [6, 6.07) is 6.52. The van der Waals surface area contributed by atoms with Crippen molar-refractivity contribution in [3.63, 3.8) is 0 Å². The first kappa shape index (κ1) is 20.3. The zero-order chi connectivity index (χ0) is 20.1. The van der Waals surface area contributed by atoms with E-state index in [4.69, 9.17) is 4.74 Å². The average Bonchev–Trinajstić information content (AvgIpc) is 3.15. The summed E-state index contributed by atoms with van der Waals surface area (Å²) in [4.78, 5) is 41.3. The number of benzene rings is 1. The minimum atomic E-state index is -0.538. The number of para-hydroxylation sites is 1. The lowest BCUT2D eigenvalue weighted by Crippen LogP contribution is -2.43. The van der Waals surface area contributed by atoms with E-state index in [9.17, 15) is 14.4 Å². The third kappa shape index (κ3) is 5.11. The number of carbonyl (C=O) groups is 2. The fourth-order valence-corrected chi connectivity index (χ4v) is 3.81. The van der Waals surface area contributed by atoms with Gasteiger partial charge in [0.15, 0.2) is 5.16 Å². The molecule has 150 valence electrons. The molecule has 1 atom stereocenters. The van der Waals surface area contributed by atoms with Crippen LogP contribution in [-0.4, -0.2) is 46.0 Å². The second-order valence-electron chi connectivity index (χ2n) is 6.93. The lowest BCUT2D eigenvalue weighted by atomic mass is 10.2. The second kappa shape index (κ2) is 9.20. The fourth-order valence-electron chi connectivity index (χ4n) is 3.00. The van der Waals surface area contributed by atoms with E-state index in [0.29, 0.717) is 29.2 Å². The Hall–Kier alpha value is -2.39. The van der Waals surface area contributed by atoms with Gasteiger partial charge in [0.25, 0.3) is 5.56 Å².